The van der Waals surface area contributed by atoms with E-state index in [-0.39, 0.29) is 11.8 Å². The molecule has 1 unspecified atom stereocenters. The van der Waals surface area contributed by atoms with E-state index < -0.39 is 12.0 Å². The lowest BCUT2D eigenvalue weighted by Gasteiger charge is -2.19. The van der Waals surface area contributed by atoms with Gasteiger partial charge < -0.3 is 10.8 Å². The molecule has 1 aromatic carbocycles. The molecule has 88 valence electrons. The fourth-order valence-corrected chi connectivity index (χ4v) is 1.46. The summed E-state index contributed by atoms with van der Waals surface area (Å²) >= 11 is 0. The zero-order valence-corrected chi connectivity index (χ0v) is 10.0. The Hall–Kier alpha value is -1.35. The second-order valence-corrected chi connectivity index (χ2v) is 5.07. The Morgan fingerprint density at radius 3 is 2.19 bits per heavy atom. The van der Waals surface area contributed by atoms with Crippen LogP contribution in [0, 0.1) is 0 Å². The summed E-state index contributed by atoms with van der Waals surface area (Å²) in [4.78, 5) is 10.7. The molecule has 0 bridgehead atoms. The minimum Gasteiger partial charge on any atom is -0.383 e. The van der Waals surface area contributed by atoms with Gasteiger partial charge in [-0.25, -0.2) is 0 Å². The van der Waals surface area contributed by atoms with Crippen LogP contribution in [-0.4, -0.2) is 17.1 Å². The van der Waals surface area contributed by atoms with Crippen molar-refractivity contribution < 1.29 is 9.90 Å². The molecule has 0 aliphatic carbocycles. The summed E-state index contributed by atoms with van der Waals surface area (Å²) in [5, 5.41) is 9.33. The van der Waals surface area contributed by atoms with Crippen molar-refractivity contribution in [1.29, 1.82) is 0 Å². The van der Waals surface area contributed by atoms with Gasteiger partial charge in [0, 0.05) is 6.42 Å². The molecule has 0 fully saturated rings. The minimum absolute atomic E-state index is 0.112. The first-order valence-corrected chi connectivity index (χ1v) is 5.37. The van der Waals surface area contributed by atoms with Crippen molar-refractivity contribution in [3.8, 4) is 0 Å². The SMILES string of the molecule is CC(C)(C)c1ccc(CC(O)C(N)=O)cc1. The van der Waals surface area contributed by atoms with Crippen LogP contribution in [-0.2, 0) is 16.6 Å². The molecule has 3 heteroatoms. The number of hydrogen-bond donors (Lipinski definition) is 2. The Morgan fingerprint density at radius 1 is 1.31 bits per heavy atom. The summed E-state index contributed by atoms with van der Waals surface area (Å²) in [7, 11) is 0. The molecule has 1 rings (SSSR count). The second kappa shape index (κ2) is 4.66. The van der Waals surface area contributed by atoms with Crippen molar-refractivity contribution in [2.75, 3.05) is 0 Å². The van der Waals surface area contributed by atoms with Crippen LogP contribution in [0.1, 0.15) is 31.9 Å². The molecular weight excluding hydrogens is 202 g/mol. The molecule has 0 saturated carbocycles. The van der Waals surface area contributed by atoms with E-state index in [9.17, 15) is 9.90 Å². The molecule has 0 saturated heterocycles. The van der Waals surface area contributed by atoms with Crippen LogP contribution < -0.4 is 5.73 Å². The van der Waals surface area contributed by atoms with Gasteiger partial charge in [-0.15, -0.1) is 0 Å². The van der Waals surface area contributed by atoms with Crippen LogP contribution in [0.25, 0.3) is 0 Å². The lowest BCUT2D eigenvalue weighted by Crippen LogP contribution is -2.30. The van der Waals surface area contributed by atoms with Crippen molar-refractivity contribution in [2.24, 2.45) is 5.73 Å². The van der Waals surface area contributed by atoms with Gasteiger partial charge in [0.15, 0.2) is 0 Å². The van der Waals surface area contributed by atoms with Gasteiger partial charge in [0.2, 0.25) is 5.91 Å². The number of aliphatic hydroxyl groups is 1. The van der Waals surface area contributed by atoms with E-state index in [0.29, 0.717) is 0 Å². The maximum Gasteiger partial charge on any atom is 0.246 e. The number of aliphatic hydroxyl groups excluding tert-OH is 1. The maximum atomic E-state index is 10.7. The monoisotopic (exact) mass is 221 g/mol. The average molecular weight is 221 g/mol. The fourth-order valence-electron chi connectivity index (χ4n) is 1.46. The van der Waals surface area contributed by atoms with Crippen molar-refractivity contribution in [3.05, 3.63) is 35.4 Å². The fraction of sp³-hybridized carbons (Fsp3) is 0.462. The summed E-state index contributed by atoms with van der Waals surface area (Å²) in [5.41, 5.74) is 7.25. The molecule has 0 aliphatic rings. The quantitative estimate of drug-likeness (QED) is 0.809. The maximum absolute atomic E-state index is 10.7. The zero-order valence-electron chi connectivity index (χ0n) is 10.0. The number of nitrogens with two attached hydrogens (primary N) is 1. The molecule has 0 aromatic heterocycles. The first-order valence-electron chi connectivity index (χ1n) is 5.37. The molecule has 0 radical (unpaired) electrons. The Balaban J connectivity index is 2.76. The first kappa shape index (κ1) is 12.7. The number of carbonyl (C=O) groups excluding carboxylic acids is 1. The highest BCUT2D eigenvalue weighted by Gasteiger charge is 2.14. The van der Waals surface area contributed by atoms with Crippen molar-refractivity contribution in [1.82, 2.24) is 0 Å². The Kier molecular flexibility index (Phi) is 3.70. The standard InChI is InChI=1S/C13H19NO2/c1-13(2,3)10-6-4-9(5-7-10)8-11(15)12(14)16/h4-7,11,15H,8H2,1-3H3,(H2,14,16). The van der Waals surface area contributed by atoms with E-state index in [0.717, 1.165) is 5.56 Å². The van der Waals surface area contributed by atoms with Gasteiger partial charge in [-0.1, -0.05) is 45.0 Å². The summed E-state index contributed by atoms with van der Waals surface area (Å²) in [5.74, 6) is -0.681. The van der Waals surface area contributed by atoms with Crippen LogP contribution in [0.15, 0.2) is 24.3 Å². The molecule has 0 spiro atoms. The second-order valence-electron chi connectivity index (χ2n) is 5.07. The number of primary amides is 1. The predicted octanol–water partition coefficient (Wildman–Crippen LogP) is 1.37. The normalized spacial score (nSPS) is 13.5. The molecule has 0 heterocycles. The van der Waals surface area contributed by atoms with Crippen LogP contribution >= 0.6 is 0 Å². The number of carbonyl (C=O) groups is 1. The van der Waals surface area contributed by atoms with Crippen molar-refractivity contribution in [3.63, 3.8) is 0 Å². The van der Waals surface area contributed by atoms with Gasteiger partial charge >= 0.3 is 0 Å². The van der Waals surface area contributed by atoms with Crippen LogP contribution in [0.4, 0.5) is 0 Å². The molecule has 1 aromatic rings. The number of amides is 1. The van der Waals surface area contributed by atoms with E-state index in [1.165, 1.54) is 5.56 Å². The third-order valence-corrected chi connectivity index (χ3v) is 2.58. The summed E-state index contributed by atoms with van der Waals surface area (Å²) in [6.45, 7) is 6.42. The highest BCUT2D eigenvalue weighted by molar-refractivity contribution is 5.78. The van der Waals surface area contributed by atoms with E-state index in [4.69, 9.17) is 5.73 Å². The smallest absolute Gasteiger partial charge is 0.246 e. The summed E-state index contributed by atoms with van der Waals surface area (Å²) in [6.07, 6.45) is -0.819. The Morgan fingerprint density at radius 2 is 1.81 bits per heavy atom. The highest BCUT2D eigenvalue weighted by Crippen LogP contribution is 2.22. The highest BCUT2D eigenvalue weighted by atomic mass is 16.3. The van der Waals surface area contributed by atoms with E-state index in [1.807, 2.05) is 24.3 Å². The number of benzene rings is 1. The summed E-state index contributed by atoms with van der Waals surface area (Å²) in [6, 6.07) is 7.88. The third kappa shape index (κ3) is 3.35. The zero-order chi connectivity index (χ0) is 12.3. The van der Waals surface area contributed by atoms with Crippen LogP contribution in [0.3, 0.4) is 0 Å². The van der Waals surface area contributed by atoms with Gasteiger partial charge in [0.05, 0.1) is 0 Å². The van der Waals surface area contributed by atoms with Crippen molar-refractivity contribution in [2.45, 2.75) is 38.7 Å². The largest absolute Gasteiger partial charge is 0.383 e. The molecule has 3 N–H and O–H groups in total. The number of rotatable bonds is 3. The molecule has 3 nitrogen and oxygen atoms in total. The Labute approximate surface area is 96.3 Å². The average Bonchev–Trinajstić information content (AvgIpc) is 2.17. The number of hydrogen-bond acceptors (Lipinski definition) is 2. The van der Waals surface area contributed by atoms with E-state index in [1.54, 1.807) is 0 Å². The summed E-state index contributed by atoms with van der Waals surface area (Å²) < 4.78 is 0. The first-order chi connectivity index (χ1) is 7.30. The molecule has 1 amide bonds. The van der Waals surface area contributed by atoms with Gasteiger partial charge in [-0.05, 0) is 16.5 Å². The Bertz CT molecular complexity index is 363. The van der Waals surface area contributed by atoms with E-state index in [2.05, 4.69) is 20.8 Å². The van der Waals surface area contributed by atoms with E-state index >= 15 is 0 Å². The van der Waals surface area contributed by atoms with Crippen LogP contribution in [0.5, 0.6) is 0 Å². The van der Waals surface area contributed by atoms with Gasteiger partial charge in [0.1, 0.15) is 6.10 Å². The lowest BCUT2D eigenvalue weighted by atomic mass is 9.86. The van der Waals surface area contributed by atoms with Gasteiger partial charge in [-0.2, -0.15) is 0 Å². The third-order valence-electron chi connectivity index (χ3n) is 2.58. The molecule has 1 atom stereocenters. The topological polar surface area (TPSA) is 63.3 Å². The predicted molar refractivity (Wildman–Crippen MR) is 64.0 cm³/mol. The molecule has 16 heavy (non-hydrogen) atoms. The minimum atomic E-state index is -1.10. The van der Waals surface area contributed by atoms with Gasteiger partial charge in [-0.3, -0.25) is 4.79 Å². The molecule has 0 aliphatic heterocycles. The van der Waals surface area contributed by atoms with Crippen LogP contribution in [0.2, 0.25) is 0 Å². The molecular formula is C13H19NO2. The van der Waals surface area contributed by atoms with Gasteiger partial charge in [0.25, 0.3) is 0 Å². The van der Waals surface area contributed by atoms with Crippen molar-refractivity contribution >= 4 is 5.91 Å². The lowest BCUT2D eigenvalue weighted by molar-refractivity contribution is -0.125.